The van der Waals surface area contributed by atoms with Gasteiger partial charge in [-0.25, -0.2) is 0 Å². The SMILES string of the molecule is COc1cc([C@@H]2OC[C@H]3[C@@H]2CO[C@H]3c2ccc(O[C@@H]3O[C@H](COC(C)=O)[C@@H](O)[C@H](O)[C@H]3O)c(OC)c2)ccc1O[C@@H]1O[C@H](COC(C)=O)[C@@H](O)[C@H](O)[C@H]1O. The molecule has 14 atom stereocenters. The molecule has 0 aromatic heterocycles. The van der Waals surface area contributed by atoms with Crippen molar-refractivity contribution in [1.29, 1.82) is 0 Å². The first-order chi connectivity index (χ1) is 25.8. The molecule has 18 nitrogen and oxygen atoms in total. The van der Waals surface area contributed by atoms with E-state index in [0.29, 0.717) is 13.2 Å². The van der Waals surface area contributed by atoms with Crippen LogP contribution in [-0.2, 0) is 38.0 Å². The zero-order valence-corrected chi connectivity index (χ0v) is 30.0. The number of methoxy groups -OCH3 is 2. The highest BCUT2D eigenvalue weighted by atomic mass is 16.7. The van der Waals surface area contributed by atoms with Gasteiger partial charge in [-0.3, -0.25) is 9.59 Å². The summed E-state index contributed by atoms with van der Waals surface area (Å²) >= 11 is 0. The van der Waals surface area contributed by atoms with Crippen molar-refractivity contribution in [3.05, 3.63) is 47.5 Å². The van der Waals surface area contributed by atoms with Gasteiger partial charge in [0.1, 0.15) is 62.0 Å². The lowest BCUT2D eigenvalue weighted by atomic mass is 9.85. The number of ether oxygens (including phenoxy) is 10. The van der Waals surface area contributed by atoms with Crippen LogP contribution in [0.2, 0.25) is 0 Å². The van der Waals surface area contributed by atoms with E-state index < -0.39 is 73.4 Å². The quantitative estimate of drug-likeness (QED) is 0.146. The average molecular weight is 767 g/mol. The van der Waals surface area contributed by atoms with Crippen molar-refractivity contribution in [3.63, 3.8) is 0 Å². The zero-order valence-electron chi connectivity index (χ0n) is 30.0. The molecule has 0 aliphatic carbocycles. The van der Waals surface area contributed by atoms with Crippen molar-refractivity contribution >= 4 is 11.9 Å². The number of rotatable bonds is 12. The molecule has 0 saturated carbocycles. The summed E-state index contributed by atoms with van der Waals surface area (Å²) in [5.74, 6) is -0.380. The maximum atomic E-state index is 11.3. The first-order valence-electron chi connectivity index (χ1n) is 17.4. The molecule has 0 unspecified atom stereocenters. The smallest absolute Gasteiger partial charge is 0.302 e. The molecule has 4 heterocycles. The van der Waals surface area contributed by atoms with E-state index >= 15 is 0 Å². The first-order valence-corrected chi connectivity index (χ1v) is 17.4. The Morgan fingerprint density at radius 1 is 0.593 bits per heavy atom. The van der Waals surface area contributed by atoms with Gasteiger partial charge in [0.25, 0.3) is 0 Å². The summed E-state index contributed by atoms with van der Waals surface area (Å²) in [6.07, 6.45) is -15.4. The number of hydrogen-bond donors (Lipinski definition) is 6. The molecule has 2 aromatic carbocycles. The third-order valence-corrected chi connectivity index (χ3v) is 10.0. The predicted octanol–water partition coefficient (Wildman–Crippen LogP) is -0.722. The molecule has 0 spiro atoms. The normalized spacial score (nSPS) is 36.2. The summed E-state index contributed by atoms with van der Waals surface area (Å²) in [5, 5.41) is 62.5. The molecule has 6 rings (SSSR count). The minimum atomic E-state index is -1.63. The van der Waals surface area contributed by atoms with Crippen LogP contribution in [0.3, 0.4) is 0 Å². The molecule has 4 aliphatic heterocycles. The summed E-state index contributed by atoms with van der Waals surface area (Å²) in [4.78, 5) is 22.6. The zero-order chi connectivity index (χ0) is 38.8. The highest BCUT2D eigenvalue weighted by molar-refractivity contribution is 5.66. The second-order valence-corrected chi connectivity index (χ2v) is 13.5. The summed E-state index contributed by atoms with van der Waals surface area (Å²) in [6.45, 7) is 2.41. The Labute approximate surface area is 309 Å². The molecule has 298 valence electrons. The predicted molar refractivity (Wildman–Crippen MR) is 178 cm³/mol. The van der Waals surface area contributed by atoms with Gasteiger partial charge in [0, 0.05) is 25.7 Å². The average Bonchev–Trinajstić information content (AvgIpc) is 3.77. The van der Waals surface area contributed by atoms with Gasteiger partial charge >= 0.3 is 11.9 Å². The van der Waals surface area contributed by atoms with Crippen molar-refractivity contribution < 1.29 is 87.6 Å². The molecule has 54 heavy (non-hydrogen) atoms. The van der Waals surface area contributed by atoms with E-state index in [1.807, 2.05) is 0 Å². The molecule has 0 bridgehead atoms. The third kappa shape index (κ3) is 8.23. The first kappa shape index (κ1) is 39.9. The number of aliphatic hydroxyl groups excluding tert-OH is 6. The van der Waals surface area contributed by atoms with E-state index in [0.717, 1.165) is 11.1 Å². The number of carbonyl (C=O) groups excluding carboxylic acids is 2. The highest BCUT2D eigenvalue weighted by Crippen LogP contribution is 2.52. The molecule has 0 amide bonds. The minimum Gasteiger partial charge on any atom is -0.493 e. The van der Waals surface area contributed by atoms with E-state index in [9.17, 15) is 40.2 Å². The number of esters is 2. The van der Waals surface area contributed by atoms with Crippen molar-refractivity contribution in [2.45, 2.75) is 87.5 Å². The Morgan fingerprint density at radius 3 is 1.33 bits per heavy atom. The number of carbonyl (C=O) groups is 2. The van der Waals surface area contributed by atoms with Gasteiger partial charge < -0.3 is 78.0 Å². The van der Waals surface area contributed by atoms with Gasteiger partial charge in [-0.1, -0.05) is 12.1 Å². The van der Waals surface area contributed by atoms with Crippen LogP contribution in [-0.4, -0.2) is 145 Å². The molecular formula is C36H46O18. The van der Waals surface area contributed by atoms with Crippen molar-refractivity contribution in [2.24, 2.45) is 11.8 Å². The van der Waals surface area contributed by atoms with Crippen LogP contribution < -0.4 is 18.9 Å². The summed E-state index contributed by atoms with van der Waals surface area (Å²) in [5.41, 5.74) is 1.55. The van der Waals surface area contributed by atoms with Crippen LogP contribution in [0.4, 0.5) is 0 Å². The Bertz CT molecular complexity index is 1500. The summed E-state index contributed by atoms with van der Waals surface area (Å²) in [6, 6.07) is 10.2. The van der Waals surface area contributed by atoms with E-state index in [-0.39, 0.29) is 60.3 Å². The van der Waals surface area contributed by atoms with Crippen LogP contribution in [0.25, 0.3) is 0 Å². The number of hydrogen-bond acceptors (Lipinski definition) is 18. The molecule has 0 radical (unpaired) electrons. The molecule has 4 aliphatic rings. The number of aliphatic hydroxyl groups is 6. The van der Waals surface area contributed by atoms with Crippen LogP contribution in [0.5, 0.6) is 23.0 Å². The molecule has 2 aromatic rings. The number of fused-ring (bicyclic) bond motifs is 1. The van der Waals surface area contributed by atoms with Gasteiger partial charge in [0.15, 0.2) is 23.0 Å². The van der Waals surface area contributed by atoms with E-state index in [4.69, 9.17) is 47.4 Å². The fourth-order valence-corrected chi connectivity index (χ4v) is 7.10. The minimum absolute atomic E-state index is 0.0524. The van der Waals surface area contributed by atoms with Gasteiger partial charge in [0.05, 0.1) is 39.6 Å². The Kier molecular flexibility index (Phi) is 12.5. The van der Waals surface area contributed by atoms with Crippen LogP contribution in [0.1, 0.15) is 37.2 Å². The summed E-state index contributed by atoms with van der Waals surface area (Å²) < 4.78 is 56.7. The van der Waals surface area contributed by atoms with Gasteiger partial charge in [-0.2, -0.15) is 0 Å². The van der Waals surface area contributed by atoms with Crippen LogP contribution in [0.15, 0.2) is 36.4 Å². The van der Waals surface area contributed by atoms with Gasteiger partial charge in [0.2, 0.25) is 12.6 Å². The largest absolute Gasteiger partial charge is 0.493 e. The Morgan fingerprint density at radius 2 is 0.981 bits per heavy atom. The van der Waals surface area contributed by atoms with Crippen molar-refractivity contribution in [3.8, 4) is 23.0 Å². The molecule has 18 heteroatoms. The van der Waals surface area contributed by atoms with E-state index in [1.54, 1.807) is 36.4 Å². The topological polar surface area (TPSA) is 248 Å². The van der Waals surface area contributed by atoms with E-state index in [1.165, 1.54) is 28.1 Å². The van der Waals surface area contributed by atoms with Crippen molar-refractivity contribution in [1.82, 2.24) is 0 Å². The fourth-order valence-electron chi connectivity index (χ4n) is 7.10. The molecular weight excluding hydrogens is 720 g/mol. The lowest BCUT2D eigenvalue weighted by molar-refractivity contribution is -0.278. The monoisotopic (exact) mass is 766 g/mol. The van der Waals surface area contributed by atoms with Gasteiger partial charge in [-0.05, 0) is 35.4 Å². The second kappa shape index (κ2) is 16.9. The standard InChI is InChI=1S/C36H46O18/c1-15(37)47-13-25-27(39)29(41)31(43)35(53-25)51-21-7-5-17(9-23(21)45-3)33-19-11-50-34(20(19)12-49-33)18-6-8-22(24(10-18)46-4)52-36-32(44)30(42)28(40)26(54-36)14-48-16(2)38/h5-10,19-20,25-36,39-44H,11-14H2,1-4H3/t19-,20-,25+,26+,27+,28+,29-,30-,31+,32+,33-,34-,35+,36+/m0/s1. The maximum Gasteiger partial charge on any atom is 0.302 e. The molecule has 4 saturated heterocycles. The lowest BCUT2D eigenvalue weighted by Gasteiger charge is -2.40. The number of benzene rings is 2. The van der Waals surface area contributed by atoms with Gasteiger partial charge in [-0.15, -0.1) is 0 Å². The van der Waals surface area contributed by atoms with E-state index in [2.05, 4.69) is 0 Å². The molecule has 6 N–H and O–H groups in total. The van der Waals surface area contributed by atoms with Crippen LogP contribution >= 0.6 is 0 Å². The third-order valence-electron chi connectivity index (χ3n) is 10.0. The highest BCUT2D eigenvalue weighted by Gasteiger charge is 2.50. The summed E-state index contributed by atoms with van der Waals surface area (Å²) in [7, 11) is 2.88. The Hall–Kier alpha value is -3.82. The molecule has 4 fully saturated rings. The Balaban J connectivity index is 1.12. The van der Waals surface area contributed by atoms with Crippen LogP contribution in [0, 0.1) is 11.8 Å². The van der Waals surface area contributed by atoms with Crippen molar-refractivity contribution in [2.75, 3.05) is 40.6 Å². The lowest BCUT2D eigenvalue weighted by Crippen LogP contribution is -2.60. The second-order valence-electron chi connectivity index (χ2n) is 13.5. The maximum absolute atomic E-state index is 11.3. The fraction of sp³-hybridized carbons (Fsp3) is 0.611.